The van der Waals surface area contributed by atoms with Crippen molar-refractivity contribution in [2.24, 2.45) is 0 Å². The fraction of sp³-hybridized carbons (Fsp3) is 0.692. The molecule has 0 aromatic carbocycles. The second-order valence-corrected chi connectivity index (χ2v) is 5.97. The zero-order valence-corrected chi connectivity index (χ0v) is 15.4. The molecule has 0 bridgehead atoms. The highest BCUT2D eigenvalue weighted by Crippen LogP contribution is 2.29. The largest absolute Gasteiger partial charge is 0.469 e. The molecule has 2 rings (SSSR count). The quantitative estimate of drug-likeness (QED) is 0.609. The molecule has 6 nitrogen and oxygen atoms in total. The summed E-state index contributed by atoms with van der Waals surface area (Å²) >= 11 is 1.66. The van der Waals surface area contributed by atoms with E-state index in [-0.39, 0.29) is 36.8 Å². The van der Waals surface area contributed by atoms with Crippen molar-refractivity contribution in [3.63, 3.8) is 0 Å². The Morgan fingerprint density at radius 2 is 2.23 bits per heavy atom. The molecule has 1 aromatic rings. The molecule has 1 aliphatic heterocycles. The van der Waals surface area contributed by atoms with Gasteiger partial charge in [0.2, 0.25) is 0 Å². The number of ether oxygens (including phenoxy) is 1. The summed E-state index contributed by atoms with van der Waals surface area (Å²) in [5, 5.41) is 6.42. The first-order valence-electron chi connectivity index (χ1n) is 6.65. The molecule has 0 unspecified atom stereocenters. The molecule has 0 saturated carbocycles. The van der Waals surface area contributed by atoms with Crippen LogP contribution >= 0.6 is 36.2 Å². The number of hydrogen-bond donors (Lipinski definition) is 1. The normalized spacial score (nSPS) is 20.4. The number of carbonyl (C=O) groups excluding carboxylic acids is 1. The van der Waals surface area contributed by atoms with Crippen molar-refractivity contribution in [3.8, 4) is 0 Å². The van der Waals surface area contributed by atoms with Crippen molar-refractivity contribution in [2.45, 2.75) is 31.3 Å². The van der Waals surface area contributed by atoms with Crippen LogP contribution in [0.25, 0.3) is 0 Å². The number of nitrogens with one attached hydrogen (secondary N) is 1. The van der Waals surface area contributed by atoms with Gasteiger partial charge in [-0.2, -0.15) is 5.06 Å². The molecule has 0 amide bonds. The van der Waals surface area contributed by atoms with Gasteiger partial charge in [0.1, 0.15) is 5.01 Å². The maximum Gasteiger partial charge on any atom is 0.305 e. The lowest BCUT2D eigenvalue weighted by Gasteiger charge is -2.20. The number of esters is 1. The number of likely N-dealkylation sites (N-methyl/N-ethyl adjacent to an activating group) is 1. The Hall–Kier alpha value is -0.440. The number of aromatic nitrogens is 1. The van der Waals surface area contributed by atoms with Gasteiger partial charge < -0.3 is 14.9 Å². The summed E-state index contributed by atoms with van der Waals surface area (Å²) in [6.07, 6.45) is 3.94. The van der Waals surface area contributed by atoms with E-state index in [1.165, 1.54) is 7.11 Å². The van der Waals surface area contributed by atoms with Gasteiger partial charge in [-0.25, -0.2) is 4.98 Å². The Bertz CT molecular complexity index is 461. The van der Waals surface area contributed by atoms with E-state index in [4.69, 9.17) is 4.84 Å². The lowest BCUT2D eigenvalue weighted by atomic mass is 10.2. The van der Waals surface area contributed by atoms with E-state index in [0.717, 1.165) is 22.9 Å². The number of hydrogen-bond acceptors (Lipinski definition) is 7. The van der Waals surface area contributed by atoms with Crippen LogP contribution in [0, 0.1) is 0 Å². The third kappa shape index (κ3) is 5.64. The maximum absolute atomic E-state index is 11.1. The van der Waals surface area contributed by atoms with Crippen LogP contribution in [0.3, 0.4) is 0 Å². The smallest absolute Gasteiger partial charge is 0.305 e. The van der Waals surface area contributed by atoms with Gasteiger partial charge in [0.05, 0.1) is 26.7 Å². The van der Waals surface area contributed by atoms with Crippen LogP contribution in [0.5, 0.6) is 0 Å². The highest BCUT2D eigenvalue weighted by molar-refractivity contribution is 7.11. The van der Waals surface area contributed by atoms with Gasteiger partial charge in [-0.3, -0.25) is 4.79 Å². The van der Waals surface area contributed by atoms with E-state index >= 15 is 0 Å². The van der Waals surface area contributed by atoms with Crippen LogP contribution in [-0.2, 0) is 20.8 Å². The lowest BCUT2D eigenvalue weighted by Crippen LogP contribution is -2.32. The summed E-state index contributed by atoms with van der Waals surface area (Å²) in [4.78, 5) is 21.9. The summed E-state index contributed by atoms with van der Waals surface area (Å²) in [7, 11) is 5.04. The molecule has 0 aliphatic carbocycles. The minimum absolute atomic E-state index is 0. The number of hydroxylamine groups is 2. The van der Waals surface area contributed by atoms with E-state index in [1.54, 1.807) is 18.4 Å². The van der Waals surface area contributed by atoms with Crippen LogP contribution < -0.4 is 5.32 Å². The summed E-state index contributed by atoms with van der Waals surface area (Å²) < 4.78 is 4.64. The van der Waals surface area contributed by atoms with E-state index in [1.807, 2.05) is 18.3 Å². The number of methoxy groups -OCH3 is 1. The minimum Gasteiger partial charge on any atom is -0.469 e. The number of carbonyl (C=O) groups is 1. The zero-order valence-electron chi connectivity index (χ0n) is 12.9. The first-order valence-corrected chi connectivity index (χ1v) is 7.47. The molecule has 1 aliphatic rings. The van der Waals surface area contributed by atoms with Crippen LogP contribution in [0.1, 0.15) is 28.8 Å². The van der Waals surface area contributed by atoms with Gasteiger partial charge in [-0.05, 0) is 12.8 Å². The van der Waals surface area contributed by atoms with Crippen LogP contribution in [0.4, 0.5) is 0 Å². The summed E-state index contributed by atoms with van der Waals surface area (Å²) in [6, 6.07) is 0.641. The zero-order chi connectivity index (χ0) is 14.5. The van der Waals surface area contributed by atoms with E-state index in [0.29, 0.717) is 18.9 Å². The van der Waals surface area contributed by atoms with Gasteiger partial charge in [0, 0.05) is 30.7 Å². The van der Waals surface area contributed by atoms with Gasteiger partial charge >= 0.3 is 5.97 Å². The van der Waals surface area contributed by atoms with Crippen LogP contribution in [-0.4, -0.2) is 49.9 Å². The molecule has 1 fully saturated rings. The molecular formula is C13H23Cl2N3O3S. The van der Waals surface area contributed by atoms with Crippen LogP contribution in [0.2, 0.25) is 0 Å². The fourth-order valence-corrected chi connectivity index (χ4v) is 3.26. The van der Waals surface area contributed by atoms with Crippen molar-refractivity contribution < 1.29 is 14.4 Å². The second kappa shape index (κ2) is 10.4. The number of rotatable bonds is 6. The summed E-state index contributed by atoms with van der Waals surface area (Å²) in [6.45, 7) is 0.895. The average molecular weight is 372 g/mol. The molecule has 1 N–H and O–H groups in total. The SMILES string of the molecule is COC(=O)CCc1cnc([C@@H]2C[C@H](N(C)OC)CN2)s1.Cl.Cl. The van der Waals surface area contributed by atoms with Crippen molar-refractivity contribution in [2.75, 3.05) is 27.8 Å². The number of halogens is 2. The monoisotopic (exact) mass is 371 g/mol. The topological polar surface area (TPSA) is 63.7 Å². The van der Waals surface area contributed by atoms with Gasteiger partial charge in [-0.15, -0.1) is 36.2 Å². The Labute approximate surface area is 147 Å². The van der Waals surface area contributed by atoms with E-state index in [9.17, 15) is 4.79 Å². The Balaban J connectivity index is 0.00000220. The fourth-order valence-electron chi connectivity index (χ4n) is 2.26. The predicted octanol–water partition coefficient (Wildman–Crippen LogP) is 1.99. The van der Waals surface area contributed by atoms with Crippen LogP contribution in [0.15, 0.2) is 6.20 Å². The number of aryl methyl sites for hydroxylation is 1. The third-order valence-corrected chi connectivity index (χ3v) is 4.75. The predicted molar refractivity (Wildman–Crippen MR) is 90.9 cm³/mol. The van der Waals surface area contributed by atoms with Crippen molar-refractivity contribution in [1.29, 1.82) is 0 Å². The molecule has 1 saturated heterocycles. The number of thiazole rings is 1. The Morgan fingerprint density at radius 1 is 1.50 bits per heavy atom. The van der Waals surface area contributed by atoms with Crippen molar-refractivity contribution >= 4 is 42.1 Å². The number of nitrogens with zero attached hydrogens (tertiary/aromatic N) is 2. The molecule has 9 heteroatoms. The Morgan fingerprint density at radius 3 is 2.86 bits per heavy atom. The third-order valence-electron chi connectivity index (χ3n) is 3.58. The van der Waals surface area contributed by atoms with Gasteiger partial charge in [-0.1, -0.05) is 0 Å². The molecular weight excluding hydrogens is 349 g/mol. The molecule has 128 valence electrons. The summed E-state index contributed by atoms with van der Waals surface area (Å²) in [5.74, 6) is -0.180. The molecule has 0 radical (unpaired) electrons. The average Bonchev–Trinajstić information content (AvgIpc) is 3.12. The van der Waals surface area contributed by atoms with Gasteiger partial charge in [0.25, 0.3) is 0 Å². The molecule has 2 atom stereocenters. The highest BCUT2D eigenvalue weighted by atomic mass is 35.5. The van der Waals surface area contributed by atoms with Crippen molar-refractivity contribution in [3.05, 3.63) is 16.1 Å². The van der Waals surface area contributed by atoms with E-state index in [2.05, 4.69) is 15.0 Å². The van der Waals surface area contributed by atoms with Gasteiger partial charge in [0.15, 0.2) is 0 Å². The molecule has 1 aromatic heterocycles. The minimum atomic E-state index is -0.180. The molecule has 2 heterocycles. The lowest BCUT2D eigenvalue weighted by molar-refractivity contribution is -0.140. The standard InChI is InChI=1S/C13H21N3O3S.2ClH/c1-16(19-3)9-6-11(14-7-9)13-15-8-10(20-13)4-5-12(17)18-2;;/h8-9,11,14H,4-7H2,1-3H3;2*1H/t9-,11-;;/m0../s1. The summed E-state index contributed by atoms with van der Waals surface area (Å²) in [5.41, 5.74) is 0. The molecule has 0 spiro atoms. The first-order chi connectivity index (χ1) is 9.63. The maximum atomic E-state index is 11.1. The second-order valence-electron chi connectivity index (χ2n) is 4.82. The van der Waals surface area contributed by atoms with Crippen molar-refractivity contribution in [1.82, 2.24) is 15.4 Å². The molecule has 22 heavy (non-hydrogen) atoms. The van der Waals surface area contributed by atoms with E-state index < -0.39 is 0 Å². The highest BCUT2D eigenvalue weighted by Gasteiger charge is 2.30. The first kappa shape index (κ1) is 21.6. The Kier molecular flexibility index (Phi) is 10.1.